The standard InChI is InChI=1S/C15H18FN3OS2/c16-10-3-4-14-12(8-10)13(5-7-22-14)18-19-15(21)17-9-11-2-1-6-20-11/h3-4,8,11H,1-2,5-7,9H2,(H2,17,19,21)/t11-/m0/s1. The first-order valence-corrected chi connectivity index (χ1v) is 8.76. The molecule has 0 spiro atoms. The summed E-state index contributed by atoms with van der Waals surface area (Å²) < 4.78 is 19.0. The number of halogens is 1. The molecule has 1 fully saturated rings. The molecule has 2 aliphatic rings. The molecule has 118 valence electrons. The van der Waals surface area contributed by atoms with E-state index in [4.69, 9.17) is 17.0 Å². The molecular formula is C15H18FN3OS2. The highest BCUT2D eigenvalue weighted by atomic mass is 32.2. The Morgan fingerprint density at radius 1 is 1.50 bits per heavy atom. The zero-order chi connectivity index (χ0) is 15.4. The van der Waals surface area contributed by atoms with Crippen molar-refractivity contribution in [2.24, 2.45) is 5.10 Å². The number of nitrogens with one attached hydrogen (secondary N) is 2. The van der Waals surface area contributed by atoms with Crippen molar-refractivity contribution in [2.45, 2.75) is 30.3 Å². The summed E-state index contributed by atoms with van der Waals surface area (Å²) in [7, 11) is 0. The minimum atomic E-state index is -0.243. The maximum Gasteiger partial charge on any atom is 0.187 e. The van der Waals surface area contributed by atoms with Gasteiger partial charge >= 0.3 is 0 Å². The number of hydrogen-bond acceptors (Lipinski definition) is 4. The molecule has 1 aromatic rings. The van der Waals surface area contributed by atoms with Crippen LogP contribution in [0.5, 0.6) is 0 Å². The molecule has 2 N–H and O–H groups in total. The summed E-state index contributed by atoms with van der Waals surface area (Å²) in [4.78, 5) is 1.06. The Bertz CT molecular complexity index is 588. The van der Waals surface area contributed by atoms with Gasteiger partial charge in [-0.05, 0) is 43.3 Å². The van der Waals surface area contributed by atoms with Gasteiger partial charge in [0.15, 0.2) is 5.11 Å². The van der Waals surface area contributed by atoms with E-state index in [-0.39, 0.29) is 11.9 Å². The van der Waals surface area contributed by atoms with Crippen molar-refractivity contribution in [2.75, 3.05) is 18.9 Å². The summed E-state index contributed by atoms with van der Waals surface area (Å²) in [6, 6.07) is 4.82. The lowest BCUT2D eigenvalue weighted by Crippen LogP contribution is -2.37. The molecule has 1 saturated heterocycles. The zero-order valence-corrected chi connectivity index (χ0v) is 13.7. The second-order valence-corrected chi connectivity index (χ2v) is 6.80. The molecule has 3 rings (SSSR count). The van der Waals surface area contributed by atoms with Crippen LogP contribution >= 0.6 is 24.0 Å². The second kappa shape index (κ2) is 7.39. The van der Waals surface area contributed by atoms with Crippen LogP contribution in [0.15, 0.2) is 28.2 Å². The summed E-state index contributed by atoms with van der Waals surface area (Å²) in [6.45, 7) is 1.52. The SMILES string of the molecule is Fc1ccc2c(c1)C(=NNC(=S)NC[C@@H]1CCCO1)CCS2. The molecule has 2 aliphatic heterocycles. The first kappa shape index (κ1) is 15.7. The number of ether oxygens (including phenoxy) is 1. The Morgan fingerprint density at radius 2 is 2.41 bits per heavy atom. The normalized spacial score (nSPS) is 22.4. The third-order valence-electron chi connectivity index (χ3n) is 3.66. The van der Waals surface area contributed by atoms with E-state index in [2.05, 4.69) is 15.8 Å². The van der Waals surface area contributed by atoms with E-state index >= 15 is 0 Å². The van der Waals surface area contributed by atoms with E-state index in [9.17, 15) is 4.39 Å². The van der Waals surface area contributed by atoms with E-state index in [0.29, 0.717) is 11.7 Å². The maximum absolute atomic E-state index is 13.4. The molecule has 0 aromatic heterocycles. The van der Waals surface area contributed by atoms with Gasteiger partial charge in [0, 0.05) is 35.8 Å². The Morgan fingerprint density at radius 3 is 3.23 bits per heavy atom. The van der Waals surface area contributed by atoms with Crippen molar-refractivity contribution >= 4 is 34.8 Å². The number of nitrogens with zero attached hydrogens (tertiary/aromatic N) is 1. The third kappa shape index (κ3) is 3.97. The van der Waals surface area contributed by atoms with Gasteiger partial charge in [-0.15, -0.1) is 11.8 Å². The van der Waals surface area contributed by atoms with E-state index in [1.807, 2.05) is 0 Å². The van der Waals surface area contributed by atoms with Crippen LogP contribution in [0.4, 0.5) is 4.39 Å². The van der Waals surface area contributed by atoms with E-state index in [1.165, 1.54) is 12.1 Å². The van der Waals surface area contributed by atoms with Gasteiger partial charge in [0.2, 0.25) is 0 Å². The third-order valence-corrected chi connectivity index (χ3v) is 4.97. The maximum atomic E-state index is 13.4. The Labute approximate surface area is 138 Å². The Balaban J connectivity index is 1.58. The van der Waals surface area contributed by atoms with Crippen molar-refractivity contribution in [3.8, 4) is 0 Å². The number of thiocarbonyl (C=S) groups is 1. The van der Waals surface area contributed by atoms with Gasteiger partial charge in [0.05, 0.1) is 11.8 Å². The van der Waals surface area contributed by atoms with E-state index < -0.39 is 0 Å². The number of hydrazone groups is 1. The number of fused-ring (bicyclic) bond motifs is 1. The summed E-state index contributed by atoms with van der Waals surface area (Å²) >= 11 is 6.94. The van der Waals surface area contributed by atoms with Gasteiger partial charge in [-0.1, -0.05) is 0 Å². The summed E-state index contributed by atoms with van der Waals surface area (Å²) in [6.07, 6.45) is 3.19. The number of hydrogen-bond donors (Lipinski definition) is 2. The molecule has 4 nitrogen and oxygen atoms in total. The van der Waals surface area contributed by atoms with Gasteiger partial charge in [-0.2, -0.15) is 5.10 Å². The molecule has 0 aliphatic carbocycles. The highest BCUT2D eigenvalue weighted by Gasteiger charge is 2.18. The fourth-order valence-corrected chi connectivity index (χ4v) is 3.67. The fraction of sp³-hybridized carbons (Fsp3) is 0.467. The van der Waals surface area contributed by atoms with Crippen molar-refractivity contribution in [3.63, 3.8) is 0 Å². The van der Waals surface area contributed by atoms with Crippen molar-refractivity contribution in [3.05, 3.63) is 29.6 Å². The highest BCUT2D eigenvalue weighted by molar-refractivity contribution is 7.99. The quantitative estimate of drug-likeness (QED) is 0.655. The molecule has 0 radical (unpaired) electrons. The Hall–Kier alpha value is -1.18. The molecule has 2 heterocycles. The molecule has 0 unspecified atom stereocenters. The van der Waals surface area contributed by atoms with Gasteiger partial charge in [-0.25, -0.2) is 4.39 Å². The average molecular weight is 339 g/mol. The first-order chi connectivity index (χ1) is 10.7. The molecule has 22 heavy (non-hydrogen) atoms. The smallest absolute Gasteiger partial charge is 0.187 e. The minimum absolute atomic E-state index is 0.230. The summed E-state index contributed by atoms with van der Waals surface area (Å²) in [5, 5.41) is 7.93. The lowest BCUT2D eigenvalue weighted by atomic mass is 10.1. The Kier molecular flexibility index (Phi) is 5.28. The monoisotopic (exact) mass is 339 g/mol. The van der Waals surface area contributed by atoms with Crippen LogP contribution in [-0.2, 0) is 4.74 Å². The molecule has 7 heteroatoms. The molecule has 1 atom stereocenters. The van der Waals surface area contributed by atoms with Crippen LogP contribution in [0.3, 0.4) is 0 Å². The fourth-order valence-electron chi connectivity index (χ4n) is 2.53. The molecular weight excluding hydrogens is 321 g/mol. The molecule has 0 bridgehead atoms. The van der Waals surface area contributed by atoms with Crippen LogP contribution in [-0.4, -0.2) is 35.8 Å². The van der Waals surface area contributed by atoms with Gasteiger partial charge in [-0.3, -0.25) is 5.43 Å². The predicted molar refractivity (Wildman–Crippen MR) is 91.0 cm³/mol. The number of thioether (sulfide) groups is 1. The number of rotatable bonds is 3. The second-order valence-electron chi connectivity index (χ2n) is 5.25. The average Bonchev–Trinajstić information content (AvgIpc) is 3.04. The van der Waals surface area contributed by atoms with Crippen LogP contribution in [0.25, 0.3) is 0 Å². The van der Waals surface area contributed by atoms with Gasteiger partial charge in [0.25, 0.3) is 0 Å². The van der Waals surface area contributed by atoms with Crippen LogP contribution in [0.2, 0.25) is 0 Å². The van der Waals surface area contributed by atoms with E-state index in [0.717, 1.165) is 47.8 Å². The first-order valence-electron chi connectivity index (χ1n) is 7.37. The van der Waals surface area contributed by atoms with Crippen molar-refractivity contribution in [1.82, 2.24) is 10.7 Å². The molecule has 1 aromatic carbocycles. The lowest BCUT2D eigenvalue weighted by molar-refractivity contribution is 0.114. The van der Waals surface area contributed by atoms with E-state index in [1.54, 1.807) is 17.8 Å². The molecule has 0 amide bonds. The van der Waals surface area contributed by atoms with Crippen molar-refractivity contribution in [1.29, 1.82) is 0 Å². The van der Waals surface area contributed by atoms with Crippen molar-refractivity contribution < 1.29 is 9.13 Å². The summed E-state index contributed by atoms with van der Waals surface area (Å²) in [5.74, 6) is 0.697. The zero-order valence-electron chi connectivity index (χ0n) is 12.1. The summed E-state index contributed by atoms with van der Waals surface area (Å²) in [5.41, 5.74) is 4.55. The predicted octanol–water partition coefficient (Wildman–Crippen LogP) is 2.67. The van der Waals surface area contributed by atoms with Gasteiger partial charge < -0.3 is 10.1 Å². The topological polar surface area (TPSA) is 45.7 Å². The van der Waals surface area contributed by atoms with Crippen LogP contribution in [0.1, 0.15) is 24.8 Å². The largest absolute Gasteiger partial charge is 0.376 e. The number of benzene rings is 1. The minimum Gasteiger partial charge on any atom is -0.376 e. The van der Waals surface area contributed by atoms with Crippen LogP contribution in [0, 0.1) is 5.82 Å². The van der Waals surface area contributed by atoms with Crippen LogP contribution < -0.4 is 10.7 Å². The molecule has 0 saturated carbocycles. The van der Waals surface area contributed by atoms with Gasteiger partial charge in [0.1, 0.15) is 5.82 Å². The highest BCUT2D eigenvalue weighted by Crippen LogP contribution is 2.30. The lowest BCUT2D eigenvalue weighted by Gasteiger charge is -2.18.